The van der Waals surface area contributed by atoms with Crippen molar-refractivity contribution >= 4 is 41.7 Å². The molecule has 6 nitrogen and oxygen atoms in total. The van der Waals surface area contributed by atoms with Crippen LogP contribution in [-0.2, 0) is 4.74 Å². The smallest absolute Gasteiger partial charge is 0.191 e. The molecule has 0 aliphatic carbocycles. The molecule has 25 heavy (non-hydrogen) atoms. The molecule has 2 aliphatic rings. The Morgan fingerprint density at radius 2 is 2.04 bits per heavy atom. The van der Waals surface area contributed by atoms with E-state index in [1.54, 1.807) is 0 Å². The van der Waals surface area contributed by atoms with Gasteiger partial charge in [-0.2, -0.15) is 11.8 Å². The lowest BCUT2D eigenvalue weighted by atomic mass is 10.0. The van der Waals surface area contributed by atoms with Crippen LogP contribution in [0.15, 0.2) is 4.99 Å². The minimum atomic E-state index is -0.630. The predicted molar refractivity (Wildman–Crippen MR) is 117 cm³/mol. The Morgan fingerprint density at radius 1 is 1.32 bits per heavy atom. The quantitative estimate of drug-likeness (QED) is 0.287. The van der Waals surface area contributed by atoms with Gasteiger partial charge in [0.15, 0.2) is 5.96 Å². The molecular formula is C17H35IN4O2S. The van der Waals surface area contributed by atoms with E-state index in [0.29, 0.717) is 18.5 Å². The van der Waals surface area contributed by atoms with E-state index >= 15 is 0 Å². The summed E-state index contributed by atoms with van der Waals surface area (Å²) >= 11 is 1.81. The van der Waals surface area contributed by atoms with Gasteiger partial charge in [-0.05, 0) is 25.0 Å². The molecule has 0 aromatic rings. The zero-order valence-electron chi connectivity index (χ0n) is 15.8. The van der Waals surface area contributed by atoms with Crippen molar-refractivity contribution in [2.75, 3.05) is 57.4 Å². The highest BCUT2D eigenvalue weighted by molar-refractivity contribution is 14.0. The van der Waals surface area contributed by atoms with Gasteiger partial charge in [-0.15, -0.1) is 24.0 Å². The van der Waals surface area contributed by atoms with Crippen LogP contribution in [0.3, 0.4) is 0 Å². The molecule has 0 spiro atoms. The van der Waals surface area contributed by atoms with Crippen molar-refractivity contribution in [2.45, 2.75) is 38.8 Å². The number of nitrogens with one attached hydrogen (secondary N) is 2. The summed E-state index contributed by atoms with van der Waals surface area (Å²) in [5.74, 6) is 3.19. The lowest BCUT2D eigenvalue weighted by molar-refractivity contribution is 0.00750. The number of guanidine groups is 1. The van der Waals surface area contributed by atoms with Gasteiger partial charge in [0.05, 0.1) is 25.4 Å². The van der Waals surface area contributed by atoms with Crippen molar-refractivity contribution < 1.29 is 9.84 Å². The Hall–Kier alpha value is 0.230. The van der Waals surface area contributed by atoms with Gasteiger partial charge in [-0.3, -0.25) is 9.89 Å². The van der Waals surface area contributed by atoms with Crippen molar-refractivity contribution in [3.8, 4) is 0 Å². The number of morpholine rings is 1. The molecular weight excluding hydrogens is 451 g/mol. The maximum absolute atomic E-state index is 10.5. The second-order valence-corrected chi connectivity index (χ2v) is 8.17. The monoisotopic (exact) mass is 486 g/mol. The molecule has 2 unspecified atom stereocenters. The number of rotatable bonds is 7. The molecule has 8 heteroatoms. The topological polar surface area (TPSA) is 69.1 Å². The fraction of sp³-hybridized carbons (Fsp3) is 0.941. The highest BCUT2D eigenvalue weighted by Crippen LogP contribution is 2.27. The molecule has 0 bridgehead atoms. The first kappa shape index (κ1) is 23.3. The van der Waals surface area contributed by atoms with Crippen molar-refractivity contribution in [1.29, 1.82) is 0 Å². The number of thioether (sulfide) groups is 1. The van der Waals surface area contributed by atoms with Gasteiger partial charge in [-0.1, -0.05) is 13.8 Å². The predicted octanol–water partition coefficient (Wildman–Crippen LogP) is 1.38. The standard InChI is InChI=1S/C17H34N4O2S.HI/c1-4-18-16(20-12-17(22)5-10-24-13-17)19-11-15(14(2)3)21-6-8-23-9-7-21;/h14-15,22H,4-13H2,1-3H3,(H2,18,19,20);1H. The lowest BCUT2D eigenvalue weighted by Gasteiger charge is -2.37. The molecule has 2 fully saturated rings. The van der Waals surface area contributed by atoms with E-state index in [9.17, 15) is 5.11 Å². The average Bonchev–Trinajstić information content (AvgIpc) is 3.00. The summed E-state index contributed by atoms with van der Waals surface area (Å²) in [7, 11) is 0. The van der Waals surface area contributed by atoms with Gasteiger partial charge in [0.1, 0.15) is 0 Å². The maximum Gasteiger partial charge on any atom is 0.191 e. The molecule has 0 amide bonds. The largest absolute Gasteiger partial charge is 0.387 e. The van der Waals surface area contributed by atoms with Gasteiger partial charge < -0.3 is 20.5 Å². The molecule has 0 aromatic carbocycles. The Morgan fingerprint density at radius 3 is 2.60 bits per heavy atom. The zero-order chi connectivity index (χ0) is 17.4. The van der Waals surface area contributed by atoms with Crippen molar-refractivity contribution in [3.63, 3.8) is 0 Å². The number of halogens is 1. The third kappa shape index (κ3) is 7.78. The highest BCUT2D eigenvalue weighted by Gasteiger charge is 2.31. The van der Waals surface area contributed by atoms with Crippen LogP contribution in [0.25, 0.3) is 0 Å². The van der Waals surface area contributed by atoms with Crippen molar-refractivity contribution in [1.82, 2.24) is 15.5 Å². The van der Waals surface area contributed by atoms with Gasteiger partial charge in [0.2, 0.25) is 0 Å². The van der Waals surface area contributed by atoms with Crippen LogP contribution in [0.5, 0.6) is 0 Å². The Balaban J connectivity index is 0.00000312. The summed E-state index contributed by atoms with van der Waals surface area (Å²) in [5, 5.41) is 17.3. The number of nitrogens with zero attached hydrogens (tertiary/aromatic N) is 2. The Bertz CT molecular complexity index is 400. The zero-order valence-corrected chi connectivity index (χ0v) is 18.9. The van der Waals surface area contributed by atoms with Gasteiger partial charge >= 0.3 is 0 Å². The third-order valence-corrected chi connectivity index (χ3v) is 5.96. The van der Waals surface area contributed by atoms with Crippen LogP contribution in [-0.4, -0.2) is 85.1 Å². The van der Waals surface area contributed by atoms with Crippen LogP contribution in [0, 0.1) is 5.92 Å². The fourth-order valence-electron chi connectivity index (χ4n) is 3.19. The van der Waals surface area contributed by atoms with Gasteiger partial charge in [-0.25, -0.2) is 0 Å². The minimum absolute atomic E-state index is 0. The Kier molecular flexibility index (Phi) is 11.0. The van der Waals surface area contributed by atoms with Crippen molar-refractivity contribution in [2.24, 2.45) is 10.9 Å². The number of hydrogen-bond donors (Lipinski definition) is 3. The first-order valence-electron chi connectivity index (χ1n) is 9.18. The number of hydrogen-bond acceptors (Lipinski definition) is 5. The molecule has 2 heterocycles. The fourth-order valence-corrected chi connectivity index (χ4v) is 4.47. The average molecular weight is 486 g/mol. The molecule has 2 rings (SSSR count). The highest BCUT2D eigenvalue weighted by atomic mass is 127. The minimum Gasteiger partial charge on any atom is -0.387 e. The van der Waals surface area contributed by atoms with Crippen LogP contribution < -0.4 is 10.6 Å². The molecule has 148 valence electrons. The van der Waals surface area contributed by atoms with Crippen molar-refractivity contribution in [3.05, 3.63) is 0 Å². The van der Waals surface area contributed by atoms with Crippen LogP contribution in [0.4, 0.5) is 0 Å². The summed E-state index contributed by atoms with van der Waals surface area (Å²) in [4.78, 5) is 7.14. The van der Waals surface area contributed by atoms with E-state index in [0.717, 1.165) is 63.3 Å². The van der Waals surface area contributed by atoms with E-state index < -0.39 is 5.60 Å². The molecule has 0 radical (unpaired) electrons. The number of ether oxygens (including phenoxy) is 1. The van der Waals surface area contributed by atoms with Crippen LogP contribution in [0.2, 0.25) is 0 Å². The summed E-state index contributed by atoms with van der Waals surface area (Å²) in [6, 6.07) is 0.461. The normalized spacial score (nSPS) is 26.4. The first-order valence-corrected chi connectivity index (χ1v) is 10.3. The number of aliphatic hydroxyl groups is 1. The summed E-state index contributed by atoms with van der Waals surface area (Å²) in [6.45, 7) is 12.4. The second-order valence-electron chi connectivity index (χ2n) is 7.06. The molecule has 2 saturated heterocycles. The third-order valence-electron chi connectivity index (χ3n) is 4.72. The van der Waals surface area contributed by atoms with Gasteiger partial charge in [0.25, 0.3) is 0 Å². The summed E-state index contributed by atoms with van der Waals surface area (Å²) in [6.07, 6.45) is 0.836. The molecule has 2 atom stereocenters. The molecule has 0 saturated carbocycles. The van der Waals surface area contributed by atoms with E-state index in [1.165, 1.54) is 0 Å². The van der Waals surface area contributed by atoms with Crippen LogP contribution >= 0.6 is 35.7 Å². The van der Waals surface area contributed by atoms with E-state index in [1.807, 2.05) is 11.8 Å². The first-order chi connectivity index (χ1) is 11.5. The van der Waals surface area contributed by atoms with Gasteiger partial charge in [0, 0.05) is 38.0 Å². The summed E-state index contributed by atoms with van der Waals surface area (Å²) < 4.78 is 5.47. The van der Waals surface area contributed by atoms with E-state index in [-0.39, 0.29) is 24.0 Å². The lowest BCUT2D eigenvalue weighted by Crippen LogP contribution is -2.52. The Labute approximate surface area is 173 Å². The van der Waals surface area contributed by atoms with E-state index in [4.69, 9.17) is 4.74 Å². The molecule has 0 aromatic heterocycles. The summed E-state index contributed by atoms with van der Waals surface area (Å²) in [5.41, 5.74) is -0.630. The molecule has 2 aliphatic heterocycles. The van der Waals surface area contributed by atoms with E-state index in [2.05, 4.69) is 41.3 Å². The van der Waals surface area contributed by atoms with Crippen LogP contribution in [0.1, 0.15) is 27.2 Å². The second kappa shape index (κ2) is 11.8. The number of aliphatic imine (C=N–C) groups is 1. The molecule has 3 N–H and O–H groups in total. The SMILES string of the molecule is CCNC(=NCC1(O)CCSC1)NCC(C(C)C)N1CCOCC1.I. The maximum atomic E-state index is 10.5.